The fraction of sp³-hybridized carbons (Fsp3) is 0.444. The van der Waals surface area contributed by atoms with Crippen LogP contribution in [-0.2, 0) is 19.1 Å². The SMILES string of the molecule is CC(NC(=O)OCC1c2ccccc2-c2ccccc21)(C(=O)NC[C@H]1CCO[C@H]1C(=O)O)C1CC1. The van der Waals surface area contributed by atoms with Crippen molar-refractivity contribution < 1.29 is 29.0 Å². The molecule has 1 unspecified atom stereocenters. The number of aliphatic carboxylic acids is 1. The third-order valence-electron chi connectivity index (χ3n) is 7.55. The number of amides is 2. The molecule has 5 rings (SSSR count). The van der Waals surface area contributed by atoms with E-state index in [9.17, 15) is 19.5 Å². The van der Waals surface area contributed by atoms with E-state index in [2.05, 4.69) is 34.9 Å². The number of fused-ring (bicyclic) bond motifs is 3. The van der Waals surface area contributed by atoms with E-state index in [1.165, 1.54) is 0 Å². The van der Waals surface area contributed by atoms with Crippen molar-refractivity contribution in [2.75, 3.05) is 19.8 Å². The van der Waals surface area contributed by atoms with Crippen LogP contribution in [0.3, 0.4) is 0 Å². The van der Waals surface area contributed by atoms with E-state index >= 15 is 0 Å². The van der Waals surface area contributed by atoms with Crippen LogP contribution in [0, 0.1) is 11.8 Å². The smallest absolute Gasteiger partial charge is 0.408 e. The molecule has 0 bridgehead atoms. The van der Waals surface area contributed by atoms with Gasteiger partial charge >= 0.3 is 12.1 Å². The number of carboxylic acids is 1. The molecule has 1 saturated carbocycles. The zero-order chi connectivity index (χ0) is 24.6. The maximum absolute atomic E-state index is 13.1. The summed E-state index contributed by atoms with van der Waals surface area (Å²) < 4.78 is 10.9. The lowest BCUT2D eigenvalue weighted by atomic mass is 9.93. The molecule has 8 nitrogen and oxygen atoms in total. The van der Waals surface area contributed by atoms with Crippen molar-refractivity contribution in [2.24, 2.45) is 11.8 Å². The second-order valence-electron chi connectivity index (χ2n) is 9.82. The molecule has 3 N–H and O–H groups in total. The number of hydrogen-bond acceptors (Lipinski definition) is 5. The second-order valence-corrected chi connectivity index (χ2v) is 9.82. The third kappa shape index (κ3) is 4.50. The summed E-state index contributed by atoms with van der Waals surface area (Å²) in [4.78, 5) is 37.3. The minimum absolute atomic E-state index is 0.0121. The summed E-state index contributed by atoms with van der Waals surface area (Å²) in [6, 6.07) is 16.2. The Morgan fingerprint density at radius 2 is 1.66 bits per heavy atom. The van der Waals surface area contributed by atoms with Gasteiger partial charge < -0.3 is 25.2 Å². The summed E-state index contributed by atoms with van der Waals surface area (Å²) >= 11 is 0. The molecule has 35 heavy (non-hydrogen) atoms. The number of carboxylic acid groups (broad SMARTS) is 1. The molecule has 0 radical (unpaired) electrons. The molecule has 0 aromatic heterocycles. The molecule has 3 atom stereocenters. The Balaban J connectivity index is 1.22. The summed E-state index contributed by atoms with van der Waals surface area (Å²) in [5, 5.41) is 14.9. The topological polar surface area (TPSA) is 114 Å². The first-order chi connectivity index (χ1) is 16.9. The number of nitrogens with one attached hydrogen (secondary N) is 2. The number of ether oxygens (including phenoxy) is 2. The molecule has 3 aliphatic rings. The van der Waals surface area contributed by atoms with Crippen LogP contribution in [0.2, 0.25) is 0 Å². The van der Waals surface area contributed by atoms with Gasteiger partial charge in [-0.3, -0.25) is 4.79 Å². The monoisotopic (exact) mass is 478 g/mol. The lowest BCUT2D eigenvalue weighted by Crippen LogP contribution is -2.59. The Morgan fingerprint density at radius 3 is 2.26 bits per heavy atom. The lowest BCUT2D eigenvalue weighted by molar-refractivity contribution is -0.149. The summed E-state index contributed by atoms with van der Waals surface area (Å²) in [5.74, 6) is -1.70. The summed E-state index contributed by atoms with van der Waals surface area (Å²) in [5.41, 5.74) is 3.41. The molecule has 0 spiro atoms. The van der Waals surface area contributed by atoms with Crippen molar-refractivity contribution in [3.8, 4) is 11.1 Å². The summed E-state index contributed by atoms with van der Waals surface area (Å²) in [6.07, 6.45) is 0.675. The Labute approximate surface area is 204 Å². The number of rotatable bonds is 8. The fourth-order valence-corrected chi connectivity index (χ4v) is 5.37. The normalized spacial score (nSPS) is 22.5. The van der Waals surface area contributed by atoms with E-state index in [0.717, 1.165) is 35.1 Å². The standard InChI is InChI=1S/C27H30N2O6/c1-27(17-10-11-17,25(32)28-14-16-12-13-34-23(16)24(30)31)29-26(33)35-15-22-20-8-4-2-6-18(20)19-7-3-5-9-21(19)22/h2-9,16-17,22-23H,10-15H2,1H3,(H,28,32)(H,29,33)(H,30,31)/t16-,23-,27?/m1/s1. The predicted octanol–water partition coefficient (Wildman–Crippen LogP) is 3.30. The van der Waals surface area contributed by atoms with Gasteiger partial charge in [0.25, 0.3) is 0 Å². The van der Waals surface area contributed by atoms with E-state index in [1.54, 1.807) is 6.92 Å². The Bertz CT molecular complexity index is 1100. The number of carbonyl (C=O) groups is 3. The van der Waals surface area contributed by atoms with Crippen molar-refractivity contribution in [1.29, 1.82) is 0 Å². The van der Waals surface area contributed by atoms with E-state index in [4.69, 9.17) is 9.47 Å². The number of hydrogen-bond donors (Lipinski definition) is 3. The van der Waals surface area contributed by atoms with Gasteiger partial charge in [-0.2, -0.15) is 0 Å². The first kappa shape index (κ1) is 23.4. The molecule has 184 valence electrons. The van der Waals surface area contributed by atoms with Gasteiger partial charge in [0.15, 0.2) is 6.10 Å². The average Bonchev–Trinajstić information content (AvgIpc) is 3.53. The van der Waals surface area contributed by atoms with E-state index in [0.29, 0.717) is 13.0 Å². The molecule has 2 fully saturated rings. The van der Waals surface area contributed by atoms with Crippen molar-refractivity contribution >= 4 is 18.0 Å². The minimum Gasteiger partial charge on any atom is -0.479 e. The first-order valence-corrected chi connectivity index (χ1v) is 12.1. The molecule has 1 aliphatic heterocycles. The first-order valence-electron chi connectivity index (χ1n) is 12.1. The van der Waals surface area contributed by atoms with Crippen LogP contribution in [0.4, 0.5) is 4.79 Å². The Hall–Kier alpha value is -3.39. The van der Waals surface area contributed by atoms with Gasteiger partial charge in [0.1, 0.15) is 12.1 Å². The van der Waals surface area contributed by atoms with Crippen LogP contribution in [0.5, 0.6) is 0 Å². The third-order valence-corrected chi connectivity index (χ3v) is 7.55. The molecule has 8 heteroatoms. The highest BCUT2D eigenvalue weighted by atomic mass is 16.5. The predicted molar refractivity (Wildman–Crippen MR) is 128 cm³/mol. The number of benzene rings is 2. The highest BCUT2D eigenvalue weighted by Crippen LogP contribution is 2.44. The van der Waals surface area contributed by atoms with Crippen LogP contribution in [0.25, 0.3) is 11.1 Å². The van der Waals surface area contributed by atoms with Crippen LogP contribution in [0.15, 0.2) is 48.5 Å². The van der Waals surface area contributed by atoms with Crippen LogP contribution >= 0.6 is 0 Å². The molecule has 1 heterocycles. The Morgan fingerprint density at radius 1 is 1.03 bits per heavy atom. The highest BCUT2D eigenvalue weighted by Gasteiger charge is 2.49. The zero-order valence-corrected chi connectivity index (χ0v) is 19.7. The van der Waals surface area contributed by atoms with Crippen molar-refractivity contribution in [2.45, 2.75) is 43.7 Å². The summed E-state index contributed by atoms with van der Waals surface area (Å²) in [6.45, 7) is 2.42. The van der Waals surface area contributed by atoms with Crippen molar-refractivity contribution in [3.63, 3.8) is 0 Å². The van der Waals surface area contributed by atoms with E-state index < -0.39 is 23.7 Å². The van der Waals surface area contributed by atoms with Gasteiger partial charge in [-0.1, -0.05) is 48.5 Å². The molecular formula is C27H30N2O6. The Kier molecular flexibility index (Phi) is 6.23. The highest BCUT2D eigenvalue weighted by molar-refractivity contribution is 5.90. The molecule has 2 aromatic rings. The maximum atomic E-state index is 13.1. The minimum atomic E-state index is -1.12. The van der Waals surface area contributed by atoms with Crippen LogP contribution in [0.1, 0.15) is 43.2 Å². The van der Waals surface area contributed by atoms with Crippen molar-refractivity contribution in [1.82, 2.24) is 10.6 Å². The molecular weight excluding hydrogens is 448 g/mol. The largest absolute Gasteiger partial charge is 0.479 e. The van der Waals surface area contributed by atoms with Crippen LogP contribution in [-0.4, -0.2) is 54.5 Å². The number of carbonyl (C=O) groups excluding carboxylic acids is 2. The lowest BCUT2D eigenvalue weighted by Gasteiger charge is -2.30. The van der Waals surface area contributed by atoms with E-state index in [1.807, 2.05) is 24.3 Å². The van der Waals surface area contributed by atoms with Gasteiger partial charge in [0, 0.05) is 25.0 Å². The van der Waals surface area contributed by atoms with Gasteiger partial charge in [-0.15, -0.1) is 0 Å². The van der Waals surface area contributed by atoms with Gasteiger partial charge in [0.05, 0.1) is 0 Å². The average molecular weight is 479 g/mol. The van der Waals surface area contributed by atoms with E-state index in [-0.39, 0.29) is 36.8 Å². The second kappa shape index (κ2) is 9.34. The zero-order valence-electron chi connectivity index (χ0n) is 19.7. The maximum Gasteiger partial charge on any atom is 0.408 e. The van der Waals surface area contributed by atoms with Gasteiger partial charge in [-0.05, 0) is 54.4 Å². The summed E-state index contributed by atoms with van der Waals surface area (Å²) in [7, 11) is 0. The quantitative estimate of drug-likeness (QED) is 0.537. The molecule has 2 aliphatic carbocycles. The molecule has 2 amide bonds. The molecule has 1 saturated heterocycles. The van der Waals surface area contributed by atoms with Crippen molar-refractivity contribution in [3.05, 3.63) is 59.7 Å². The molecule has 2 aromatic carbocycles. The van der Waals surface area contributed by atoms with Gasteiger partial charge in [-0.25, -0.2) is 9.59 Å². The fourth-order valence-electron chi connectivity index (χ4n) is 5.37. The van der Waals surface area contributed by atoms with Gasteiger partial charge in [0.2, 0.25) is 5.91 Å². The number of alkyl carbamates (subject to hydrolysis) is 1. The van der Waals surface area contributed by atoms with Crippen LogP contribution < -0.4 is 10.6 Å².